The number of nitrogens with one attached hydrogen (secondary N) is 1. The third-order valence-corrected chi connectivity index (χ3v) is 4.52. The van der Waals surface area contributed by atoms with E-state index in [-0.39, 0.29) is 0 Å². The highest BCUT2D eigenvalue weighted by Crippen LogP contribution is 2.24. The zero-order chi connectivity index (χ0) is 12.1. The molecule has 1 heterocycles. The number of hydrogen-bond donors (Lipinski definition) is 2. The molecule has 2 N–H and O–H groups in total. The first kappa shape index (κ1) is 12.8. The quantitative estimate of drug-likeness (QED) is 0.636. The van der Waals surface area contributed by atoms with Crippen LogP contribution in [0.4, 0.5) is 0 Å². The van der Waals surface area contributed by atoms with Gasteiger partial charge in [-0.1, -0.05) is 41.7 Å². The van der Waals surface area contributed by atoms with Crippen molar-refractivity contribution in [1.82, 2.24) is 4.90 Å². The molecule has 0 aromatic heterocycles. The van der Waals surface area contributed by atoms with Gasteiger partial charge in [0.05, 0.1) is 0 Å². The highest BCUT2D eigenvalue weighted by molar-refractivity contribution is 8.14. The molecule has 1 aromatic carbocycles. The van der Waals surface area contributed by atoms with Crippen LogP contribution in [-0.2, 0) is 0 Å². The zero-order valence-electron chi connectivity index (χ0n) is 9.50. The summed E-state index contributed by atoms with van der Waals surface area (Å²) in [7, 11) is 0. The number of thioether (sulfide) groups is 2. The molecule has 1 aliphatic heterocycles. The maximum absolute atomic E-state index is 9.91. The lowest BCUT2D eigenvalue weighted by molar-refractivity contribution is 0.238. The second-order valence-corrected chi connectivity index (χ2v) is 6.15. The Hall–Kier alpha value is -0.650. The minimum atomic E-state index is -0.393. The molecule has 0 amide bonds. The minimum absolute atomic E-state index is 0.393. The Labute approximate surface area is 110 Å². The van der Waals surface area contributed by atoms with Crippen molar-refractivity contribution in [3.63, 3.8) is 0 Å². The topological polar surface area (TPSA) is 47.3 Å². The Kier molecular flexibility index (Phi) is 4.76. The van der Waals surface area contributed by atoms with Crippen molar-refractivity contribution in [2.24, 2.45) is 0 Å². The Bertz CT molecular complexity index is 372. The predicted molar refractivity (Wildman–Crippen MR) is 74.7 cm³/mol. The van der Waals surface area contributed by atoms with Gasteiger partial charge in [0.25, 0.3) is 0 Å². The lowest BCUT2D eigenvalue weighted by Crippen LogP contribution is -2.26. The molecule has 0 spiro atoms. The summed E-state index contributed by atoms with van der Waals surface area (Å²) in [6.45, 7) is 1.71. The number of benzene rings is 1. The van der Waals surface area contributed by atoms with E-state index in [0.717, 1.165) is 23.7 Å². The second kappa shape index (κ2) is 6.33. The van der Waals surface area contributed by atoms with Crippen molar-refractivity contribution < 1.29 is 5.11 Å². The van der Waals surface area contributed by atoms with Gasteiger partial charge in [-0.25, -0.2) is 0 Å². The van der Waals surface area contributed by atoms with Gasteiger partial charge in [0.2, 0.25) is 0 Å². The molecule has 1 aromatic rings. The van der Waals surface area contributed by atoms with Crippen LogP contribution in [0.15, 0.2) is 35.2 Å². The molecule has 17 heavy (non-hydrogen) atoms. The summed E-state index contributed by atoms with van der Waals surface area (Å²) < 4.78 is 0. The number of rotatable bonds is 5. The van der Waals surface area contributed by atoms with Crippen molar-refractivity contribution in [1.29, 1.82) is 5.41 Å². The van der Waals surface area contributed by atoms with Crippen LogP contribution in [0.3, 0.4) is 0 Å². The fourth-order valence-corrected chi connectivity index (χ4v) is 3.36. The van der Waals surface area contributed by atoms with Gasteiger partial charge in [0.1, 0.15) is 5.44 Å². The standard InChI is InChI=1S/C12H16N2OS2/c13-12-14(8-9-16-12)7-6-11(15)17-10-4-2-1-3-5-10/h1-5,11,13,15H,6-9H2. The third kappa shape index (κ3) is 3.94. The van der Waals surface area contributed by atoms with Gasteiger partial charge < -0.3 is 10.0 Å². The van der Waals surface area contributed by atoms with E-state index in [9.17, 15) is 5.11 Å². The fourth-order valence-electron chi connectivity index (χ4n) is 1.64. The number of amidine groups is 1. The molecular weight excluding hydrogens is 252 g/mol. The van der Waals surface area contributed by atoms with E-state index in [0.29, 0.717) is 11.6 Å². The van der Waals surface area contributed by atoms with Crippen molar-refractivity contribution in [3.05, 3.63) is 30.3 Å². The van der Waals surface area contributed by atoms with Crippen molar-refractivity contribution >= 4 is 28.7 Å². The lowest BCUT2D eigenvalue weighted by Gasteiger charge is -2.18. The molecule has 5 heteroatoms. The Morgan fingerprint density at radius 3 is 2.82 bits per heavy atom. The van der Waals surface area contributed by atoms with Crippen molar-refractivity contribution in [3.8, 4) is 0 Å². The maximum Gasteiger partial charge on any atom is 0.156 e. The van der Waals surface area contributed by atoms with E-state index < -0.39 is 5.44 Å². The fraction of sp³-hybridized carbons (Fsp3) is 0.417. The van der Waals surface area contributed by atoms with Crippen LogP contribution < -0.4 is 0 Å². The molecule has 0 radical (unpaired) electrons. The molecule has 1 unspecified atom stereocenters. The van der Waals surface area contributed by atoms with Crippen LogP contribution in [0.2, 0.25) is 0 Å². The Morgan fingerprint density at radius 2 is 2.18 bits per heavy atom. The van der Waals surface area contributed by atoms with E-state index in [2.05, 4.69) is 0 Å². The number of hydrogen-bond acceptors (Lipinski definition) is 4. The molecule has 3 nitrogen and oxygen atoms in total. The van der Waals surface area contributed by atoms with E-state index >= 15 is 0 Å². The van der Waals surface area contributed by atoms with Crippen LogP contribution in [0.1, 0.15) is 6.42 Å². The largest absolute Gasteiger partial charge is 0.382 e. The summed E-state index contributed by atoms with van der Waals surface area (Å²) >= 11 is 3.06. The van der Waals surface area contributed by atoms with E-state index in [4.69, 9.17) is 5.41 Å². The first-order valence-electron chi connectivity index (χ1n) is 5.62. The summed E-state index contributed by atoms with van der Waals surface area (Å²) in [6.07, 6.45) is 0.697. The summed E-state index contributed by atoms with van der Waals surface area (Å²) in [4.78, 5) is 3.12. The highest BCUT2D eigenvalue weighted by atomic mass is 32.2. The molecule has 1 saturated heterocycles. The molecule has 92 valence electrons. The van der Waals surface area contributed by atoms with E-state index in [1.54, 1.807) is 11.8 Å². The van der Waals surface area contributed by atoms with Crippen LogP contribution in [0.25, 0.3) is 0 Å². The SMILES string of the molecule is N=C1SCCN1CCC(O)Sc1ccccc1. The minimum Gasteiger partial charge on any atom is -0.382 e. The van der Waals surface area contributed by atoms with Crippen LogP contribution in [-0.4, -0.2) is 39.5 Å². The Morgan fingerprint density at radius 1 is 1.41 bits per heavy atom. The third-order valence-electron chi connectivity index (χ3n) is 2.55. The summed E-state index contributed by atoms with van der Waals surface area (Å²) in [5.41, 5.74) is -0.393. The normalized spacial score (nSPS) is 17.5. The number of aliphatic hydroxyl groups is 1. The first-order chi connectivity index (χ1) is 8.25. The molecule has 0 bridgehead atoms. The Balaban J connectivity index is 1.74. The van der Waals surface area contributed by atoms with Crippen LogP contribution >= 0.6 is 23.5 Å². The average Bonchev–Trinajstić information content (AvgIpc) is 2.74. The smallest absolute Gasteiger partial charge is 0.156 e. The van der Waals surface area contributed by atoms with Gasteiger partial charge in [0, 0.05) is 30.2 Å². The van der Waals surface area contributed by atoms with E-state index in [1.807, 2.05) is 35.2 Å². The first-order valence-corrected chi connectivity index (χ1v) is 7.48. The zero-order valence-corrected chi connectivity index (χ0v) is 11.1. The number of nitrogens with zero attached hydrogens (tertiary/aromatic N) is 1. The predicted octanol–water partition coefficient (Wildman–Crippen LogP) is 2.47. The van der Waals surface area contributed by atoms with Crippen molar-refractivity contribution in [2.75, 3.05) is 18.8 Å². The van der Waals surface area contributed by atoms with Gasteiger partial charge in [-0.15, -0.1) is 0 Å². The van der Waals surface area contributed by atoms with Gasteiger partial charge in [-0.3, -0.25) is 5.41 Å². The molecule has 2 rings (SSSR count). The highest BCUT2D eigenvalue weighted by Gasteiger charge is 2.18. The van der Waals surface area contributed by atoms with Crippen LogP contribution in [0.5, 0.6) is 0 Å². The van der Waals surface area contributed by atoms with Crippen LogP contribution in [0, 0.1) is 5.41 Å². The maximum atomic E-state index is 9.91. The lowest BCUT2D eigenvalue weighted by atomic mass is 10.4. The molecule has 1 atom stereocenters. The second-order valence-electron chi connectivity index (χ2n) is 3.81. The molecule has 1 aliphatic rings. The molecule has 0 aliphatic carbocycles. The monoisotopic (exact) mass is 268 g/mol. The van der Waals surface area contributed by atoms with Gasteiger partial charge in [-0.05, 0) is 12.1 Å². The molecule has 1 fully saturated rings. The summed E-state index contributed by atoms with van der Waals surface area (Å²) in [6, 6.07) is 9.92. The van der Waals surface area contributed by atoms with Crippen molar-refractivity contribution in [2.45, 2.75) is 16.8 Å². The number of aliphatic hydroxyl groups excluding tert-OH is 1. The van der Waals surface area contributed by atoms with Gasteiger partial charge in [0.15, 0.2) is 5.17 Å². The average molecular weight is 268 g/mol. The van der Waals surface area contributed by atoms with Gasteiger partial charge >= 0.3 is 0 Å². The van der Waals surface area contributed by atoms with E-state index in [1.165, 1.54) is 11.8 Å². The molecular formula is C12H16N2OS2. The summed E-state index contributed by atoms with van der Waals surface area (Å²) in [5.74, 6) is 1.00. The van der Waals surface area contributed by atoms with Gasteiger partial charge in [-0.2, -0.15) is 0 Å². The molecule has 0 saturated carbocycles. The summed E-state index contributed by atoms with van der Waals surface area (Å²) in [5, 5.41) is 18.2.